The van der Waals surface area contributed by atoms with E-state index in [2.05, 4.69) is 16.5 Å². The largest absolute Gasteiger partial charge is 0.494 e. The van der Waals surface area contributed by atoms with Crippen LogP contribution in [0.15, 0.2) is 23.1 Å². The van der Waals surface area contributed by atoms with Crippen molar-refractivity contribution in [2.75, 3.05) is 33.3 Å². The third-order valence-corrected chi connectivity index (χ3v) is 5.58. The van der Waals surface area contributed by atoms with E-state index in [1.165, 1.54) is 32.1 Å². The molecule has 1 heterocycles. The van der Waals surface area contributed by atoms with Crippen molar-refractivity contribution in [1.29, 1.82) is 0 Å². The van der Waals surface area contributed by atoms with Crippen LogP contribution in [0.4, 0.5) is 4.39 Å². The Morgan fingerprint density at radius 2 is 2.22 bits per heavy atom. The summed E-state index contributed by atoms with van der Waals surface area (Å²) in [5, 5.41) is 0. The maximum absolute atomic E-state index is 13.6. The Morgan fingerprint density at radius 3 is 2.87 bits per heavy atom. The minimum absolute atomic E-state index is 0.0307. The fraction of sp³-hybridized carbons (Fsp3) is 0.625. The minimum atomic E-state index is -3.69. The van der Waals surface area contributed by atoms with Gasteiger partial charge >= 0.3 is 0 Å². The van der Waals surface area contributed by atoms with E-state index < -0.39 is 15.8 Å². The topological polar surface area (TPSA) is 58.6 Å². The molecule has 2 rings (SSSR count). The molecule has 1 saturated heterocycles. The Bertz CT molecular complexity index is 622. The number of sulfonamides is 1. The van der Waals surface area contributed by atoms with Crippen LogP contribution < -0.4 is 9.46 Å². The lowest BCUT2D eigenvalue weighted by atomic mass is 10.0. The van der Waals surface area contributed by atoms with Gasteiger partial charge in [-0.05, 0) is 56.5 Å². The number of methoxy groups -OCH3 is 1. The molecule has 0 unspecified atom stereocenters. The van der Waals surface area contributed by atoms with Crippen LogP contribution in [0.25, 0.3) is 0 Å². The lowest BCUT2D eigenvalue weighted by Gasteiger charge is -2.30. The van der Waals surface area contributed by atoms with Crippen LogP contribution in [-0.2, 0) is 10.0 Å². The van der Waals surface area contributed by atoms with Crippen molar-refractivity contribution in [1.82, 2.24) is 9.62 Å². The summed E-state index contributed by atoms with van der Waals surface area (Å²) < 4.78 is 45.3. The molecule has 1 fully saturated rings. The van der Waals surface area contributed by atoms with Crippen molar-refractivity contribution in [2.45, 2.75) is 31.1 Å². The minimum Gasteiger partial charge on any atom is -0.494 e. The van der Waals surface area contributed by atoms with Crippen LogP contribution in [0.2, 0.25) is 0 Å². The van der Waals surface area contributed by atoms with E-state index in [0.717, 1.165) is 32.1 Å². The third-order valence-electron chi connectivity index (χ3n) is 4.12. The Hall–Kier alpha value is -1.18. The molecule has 0 saturated carbocycles. The number of hydrogen-bond acceptors (Lipinski definition) is 4. The molecule has 0 amide bonds. The van der Waals surface area contributed by atoms with E-state index in [1.54, 1.807) is 0 Å². The lowest BCUT2D eigenvalue weighted by molar-refractivity contribution is 0.182. The molecule has 0 radical (unpaired) electrons. The number of rotatable bonds is 7. The SMILES string of the molecule is COc1ccc(S(=O)(=O)NCCCN2CCC[C@@H](C)C2)cc1F. The fourth-order valence-corrected chi connectivity index (χ4v) is 3.98. The molecule has 0 spiro atoms. The highest BCUT2D eigenvalue weighted by Crippen LogP contribution is 2.20. The van der Waals surface area contributed by atoms with E-state index in [0.29, 0.717) is 12.5 Å². The summed E-state index contributed by atoms with van der Waals surface area (Å²) in [6.07, 6.45) is 3.22. The van der Waals surface area contributed by atoms with Crippen molar-refractivity contribution >= 4 is 10.0 Å². The van der Waals surface area contributed by atoms with E-state index >= 15 is 0 Å². The smallest absolute Gasteiger partial charge is 0.240 e. The van der Waals surface area contributed by atoms with Gasteiger partial charge in [-0.15, -0.1) is 0 Å². The molecule has 5 nitrogen and oxygen atoms in total. The molecule has 0 bridgehead atoms. The molecular weight excluding hydrogens is 319 g/mol. The van der Waals surface area contributed by atoms with Crippen LogP contribution >= 0.6 is 0 Å². The van der Waals surface area contributed by atoms with Gasteiger partial charge in [-0.1, -0.05) is 6.92 Å². The summed E-state index contributed by atoms with van der Waals surface area (Å²) in [4.78, 5) is 2.29. The van der Waals surface area contributed by atoms with Crippen LogP contribution in [0.3, 0.4) is 0 Å². The second-order valence-corrected chi connectivity index (χ2v) is 7.86. The summed E-state index contributed by atoms with van der Waals surface area (Å²) >= 11 is 0. The van der Waals surface area contributed by atoms with Crippen LogP contribution in [-0.4, -0.2) is 46.6 Å². The highest BCUT2D eigenvalue weighted by molar-refractivity contribution is 7.89. The highest BCUT2D eigenvalue weighted by atomic mass is 32.2. The van der Waals surface area contributed by atoms with E-state index in [1.807, 2.05) is 0 Å². The number of nitrogens with one attached hydrogen (secondary N) is 1. The predicted octanol–water partition coefficient (Wildman–Crippen LogP) is 2.23. The molecule has 0 aliphatic carbocycles. The molecular formula is C16H25FN2O3S. The lowest BCUT2D eigenvalue weighted by Crippen LogP contribution is -2.36. The van der Waals surface area contributed by atoms with Gasteiger partial charge in [0.15, 0.2) is 11.6 Å². The Morgan fingerprint density at radius 1 is 1.43 bits per heavy atom. The summed E-state index contributed by atoms with van der Waals surface area (Å²) in [7, 11) is -2.35. The van der Waals surface area contributed by atoms with E-state index in [9.17, 15) is 12.8 Å². The maximum Gasteiger partial charge on any atom is 0.240 e. The van der Waals surface area contributed by atoms with Crippen LogP contribution in [0, 0.1) is 11.7 Å². The quantitative estimate of drug-likeness (QED) is 0.771. The number of nitrogens with zero attached hydrogens (tertiary/aromatic N) is 1. The summed E-state index contributed by atoms with van der Waals surface area (Å²) in [6, 6.07) is 3.64. The van der Waals surface area contributed by atoms with Gasteiger partial charge in [0.2, 0.25) is 10.0 Å². The number of hydrogen-bond donors (Lipinski definition) is 1. The predicted molar refractivity (Wildman–Crippen MR) is 87.6 cm³/mol. The molecule has 130 valence electrons. The second-order valence-electron chi connectivity index (χ2n) is 6.10. The maximum atomic E-state index is 13.6. The van der Waals surface area contributed by atoms with Crippen LogP contribution in [0.1, 0.15) is 26.2 Å². The number of ether oxygens (including phenoxy) is 1. The first kappa shape index (κ1) is 18.2. The monoisotopic (exact) mass is 344 g/mol. The zero-order valence-electron chi connectivity index (χ0n) is 13.7. The molecule has 7 heteroatoms. The van der Waals surface area contributed by atoms with Gasteiger partial charge in [-0.2, -0.15) is 0 Å². The van der Waals surface area contributed by atoms with Crippen molar-refractivity contribution < 1.29 is 17.5 Å². The molecule has 23 heavy (non-hydrogen) atoms. The van der Waals surface area contributed by atoms with Crippen LogP contribution in [0.5, 0.6) is 5.75 Å². The first-order chi connectivity index (χ1) is 10.9. The summed E-state index contributed by atoms with van der Waals surface area (Å²) in [6.45, 7) is 5.63. The number of likely N-dealkylation sites (tertiary alicyclic amines) is 1. The summed E-state index contributed by atoms with van der Waals surface area (Å²) in [5.74, 6) is 0.0589. The number of piperidine rings is 1. The van der Waals surface area contributed by atoms with Crippen molar-refractivity contribution in [3.05, 3.63) is 24.0 Å². The second kappa shape index (κ2) is 8.08. The number of halogens is 1. The van der Waals surface area contributed by atoms with Gasteiger partial charge in [-0.3, -0.25) is 0 Å². The zero-order chi connectivity index (χ0) is 16.9. The van der Waals surface area contributed by atoms with E-state index in [4.69, 9.17) is 4.74 Å². The Kier molecular flexibility index (Phi) is 6.38. The fourth-order valence-electron chi connectivity index (χ4n) is 2.90. The van der Waals surface area contributed by atoms with Crippen molar-refractivity contribution in [3.63, 3.8) is 0 Å². The number of benzene rings is 1. The Balaban J connectivity index is 1.83. The van der Waals surface area contributed by atoms with Gasteiger partial charge in [0.05, 0.1) is 12.0 Å². The van der Waals surface area contributed by atoms with Crippen molar-refractivity contribution in [3.8, 4) is 5.75 Å². The average molecular weight is 344 g/mol. The van der Waals surface area contributed by atoms with Gasteiger partial charge < -0.3 is 9.64 Å². The standard InChI is InChI=1S/C16H25FN2O3S/c1-13-5-3-9-19(12-13)10-4-8-18-23(20,21)14-6-7-16(22-2)15(17)11-14/h6-7,11,13,18H,3-5,8-10,12H2,1-2H3/t13-/m1/s1. The third kappa shape index (κ3) is 5.16. The molecule has 1 aromatic rings. The first-order valence-electron chi connectivity index (χ1n) is 7.98. The average Bonchev–Trinajstić information content (AvgIpc) is 2.51. The van der Waals surface area contributed by atoms with Crippen molar-refractivity contribution in [2.24, 2.45) is 5.92 Å². The zero-order valence-corrected chi connectivity index (χ0v) is 14.5. The highest BCUT2D eigenvalue weighted by Gasteiger charge is 2.18. The molecule has 0 aromatic heterocycles. The molecule has 1 aliphatic rings. The molecule has 1 N–H and O–H groups in total. The van der Waals surface area contributed by atoms with Gasteiger partial charge in [0.25, 0.3) is 0 Å². The van der Waals surface area contributed by atoms with Gasteiger partial charge in [-0.25, -0.2) is 17.5 Å². The summed E-state index contributed by atoms with van der Waals surface area (Å²) in [5.41, 5.74) is 0. The van der Waals surface area contributed by atoms with Gasteiger partial charge in [0.1, 0.15) is 0 Å². The normalized spacial score (nSPS) is 19.7. The van der Waals surface area contributed by atoms with Gasteiger partial charge in [0, 0.05) is 13.1 Å². The molecule has 1 atom stereocenters. The Labute approximate surface area is 137 Å². The molecule has 1 aromatic carbocycles. The van der Waals surface area contributed by atoms with E-state index in [-0.39, 0.29) is 10.6 Å². The first-order valence-corrected chi connectivity index (χ1v) is 9.46. The molecule has 1 aliphatic heterocycles.